The van der Waals surface area contributed by atoms with Crippen LogP contribution in [0.2, 0.25) is 5.22 Å². The zero-order chi connectivity index (χ0) is 15.4. The number of aromatic nitrogens is 1. The molecular formula is C14H14ClFN2O3. The second-order valence-electron chi connectivity index (χ2n) is 4.57. The van der Waals surface area contributed by atoms with Crippen molar-refractivity contribution in [1.29, 1.82) is 0 Å². The summed E-state index contributed by atoms with van der Waals surface area (Å²) in [6, 6.07) is 5.43. The Morgan fingerprint density at radius 1 is 1.48 bits per heavy atom. The Balaban J connectivity index is 1.88. The number of amides is 1. The van der Waals surface area contributed by atoms with Crippen LogP contribution in [0.15, 0.2) is 28.8 Å². The van der Waals surface area contributed by atoms with E-state index in [9.17, 15) is 14.3 Å². The lowest BCUT2D eigenvalue weighted by atomic mass is 10.1. The minimum absolute atomic E-state index is 0.0182. The molecule has 0 spiro atoms. The standard InChI is InChI=1S/C14H14ClFN2O3/c1-8-11(14(15)21-18-8)6-13(20)17-7-12(19)9-2-4-10(16)5-3-9/h2-5,12,19H,6-7H2,1H3,(H,17,20). The van der Waals surface area contributed by atoms with Crippen LogP contribution >= 0.6 is 11.6 Å². The molecule has 1 unspecified atom stereocenters. The highest BCUT2D eigenvalue weighted by atomic mass is 35.5. The van der Waals surface area contributed by atoms with Crippen LogP contribution in [-0.4, -0.2) is 22.7 Å². The third kappa shape index (κ3) is 4.03. The first-order chi connectivity index (χ1) is 9.97. The second kappa shape index (κ2) is 6.69. The van der Waals surface area contributed by atoms with Crippen LogP contribution in [0, 0.1) is 12.7 Å². The Kier molecular flexibility index (Phi) is 4.93. The van der Waals surface area contributed by atoms with Gasteiger partial charge in [0.25, 0.3) is 0 Å². The van der Waals surface area contributed by atoms with Crippen LogP contribution in [0.3, 0.4) is 0 Å². The molecule has 1 aromatic heterocycles. The summed E-state index contributed by atoms with van der Waals surface area (Å²) in [5.41, 5.74) is 1.59. The topological polar surface area (TPSA) is 75.4 Å². The van der Waals surface area contributed by atoms with Crippen molar-refractivity contribution >= 4 is 17.5 Å². The number of hydrogen-bond donors (Lipinski definition) is 2. The monoisotopic (exact) mass is 312 g/mol. The average Bonchev–Trinajstić information content (AvgIpc) is 2.77. The second-order valence-corrected chi connectivity index (χ2v) is 4.91. The van der Waals surface area contributed by atoms with Gasteiger partial charge in [-0.05, 0) is 36.2 Å². The molecule has 0 aliphatic rings. The number of hydrogen-bond acceptors (Lipinski definition) is 4. The Morgan fingerprint density at radius 3 is 2.71 bits per heavy atom. The molecule has 1 atom stereocenters. The maximum Gasteiger partial charge on any atom is 0.229 e. The Morgan fingerprint density at radius 2 is 2.14 bits per heavy atom. The molecule has 112 valence electrons. The van der Waals surface area contributed by atoms with E-state index in [1.165, 1.54) is 24.3 Å². The zero-order valence-electron chi connectivity index (χ0n) is 11.3. The molecule has 0 saturated heterocycles. The molecule has 0 bridgehead atoms. The Labute approximate surface area is 125 Å². The van der Waals surface area contributed by atoms with Gasteiger partial charge >= 0.3 is 0 Å². The number of halogens is 2. The van der Waals surface area contributed by atoms with Gasteiger partial charge in [0.1, 0.15) is 5.82 Å². The maximum atomic E-state index is 12.8. The van der Waals surface area contributed by atoms with Crippen LogP contribution in [0.25, 0.3) is 0 Å². The number of aliphatic hydroxyl groups excluding tert-OH is 1. The van der Waals surface area contributed by atoms with E-state index < -0.39 is 6.10 Å². The highest BCUT2D eigenvalue weighted by Crippen LogP contribution is 2.19. The van der Waals surface area contributed by atoms with Gasteiger partial charge in [-0.25, -0.2) is 4.39 Å². The van der Waals surface area contributed by atoms with Crippen molar-refractivity contribution in [3.05, 3.63) is 52.1 Å². The summed E-state index contributed by atoms with van der Waals surface area (Å²) in [5.74, 6) is -0.697. The van der Waals surface area contributed by atoms with Gasteiger partial charge in [0, 0.05) is 12.1 Å². The molecule has 1 heterocycles. The minimum atomic E-state index is -0.909. The molecule has 0 saturated carbocycles. The van der Waals surface area contributed by atoms with Gasteiger partial charge in [-0.1, -0.05) is 17.3 Å². The van der Waals surface area contributed by atoms with Crippen molar-refractivity contribution in [3.8, 4) is 0 Å². The smallest absolute Gasteiger partial charge is 0.229 e. The van der Waals surface area contributed by atoms with Gasteiger partial charge in [-0.3, -0.25) is 4.79 Å². The number of carbonyl (C=O) groups excluding carboxylic acids is 1. The van der Waals surface area contributed by atoms with E-state index in [0.717, 1.165) is 0 Å². The first kappa shape index (κ1) is 15.5. The van der Waals surface area contributed by atoms with E-state index >= 15 is 0 Å². The van der Waals surface area contributed by atoms with E-state index in [1.54, 1.807) is 6.92 Å². The summed E-state index contributed by atoms with van der Waals surface area (Å²) >= 11 is 5.77. The highest BCUT2D eigenvalue weighted by molar-refractivity contribution is 6.29. The molecule has 0 radical (unpaired) electrons. The van der Waals surface area contributed by atoms with Crippen molar-refractivity contribution in [1.82, 2.24) is 10.5 Å². The number of aryl methyl sites for hydroxylation is 1. The van der Waals surface area contributed by atoms with Gasteiger partial charge < -0.3 is 14.9 Å². The number of carbonyl (C=O) groups is 1. The highest BCUT2D eigenvalue weighted by Gasteiger charge is 2.16. The third-order valence-electron chi connectivity index (χ3n) is 3.02. The summed E-state index contributed by atoms with van der Waals surface area (Å²) in [5, 5.41) is 16.2. The number of rotatable bonds is 5. The summed E-state index contributed by atoms with van der Waals surface area (Å²) in [4.78, 5) is 11.8. The van der Waals surface area contributed by atoms with Crippen molar-refractivity contribution in [2.75, 3.05) is 6.54 Å². The molecule has 0 aliphatic carbocycles. The molecule has 5 nitrogen and oxygen atoms in total. The molecule has 2 N–H and O–H groups in total. The predicted octanol–water partition coefficient (Wildman–Crippen LogP) is 2.17. The van der Waals surface area contributed by atoms with Crippen molar-refractivity contribution in [2.45, 2.75) is 19.4 Å². The molecule has 2 aromatic rings. The van der Waals surface area contributed by atoms with Crippen molar-refractivity contribution in [2.24, 2.45) is 0 Å². The molecular weight excluding hydrogens is 299 g/mol. The quantitative estimate of drug-likeness (QED) is 0.887. The van der Waals surface area contributed by atoms with E-state index in [0.29, 0.717) is 16.8 Å². The van der Waals surface area contributed by atoms with Gasteiger partial charge in [0.15, 0.2) is 0 Å². The fourth-order valence-electron chi connectivity index (χ4n) is 1.79. The lowest BCUT2D eigenvalue weighted by Gasteiger charge is -2.12. The molecule has 1 aromatic carbocycles. The van der Waals surface area contributed by atoms with Gasteiger partial charge in [-0.15, -0.1) is 0 Å². The lowest BCUT2D eigenvalue weighted by molar-refractivity contribution is -0.120. The van der Waals surface area contributed by atoms with Gasteiger partial charge in [0.05, 0.1) is 18.2 Å². The van der Waals surface area contributed by atoms with Crippen LogP contribution in [0.1, 0.15) is 22.9 Å². The van der Waals surface area contributed by atoms with E-state index in [2.05, 4.69) is 10.5 Å². The first-order valence-electron chi connectivity index (χ1n) is 6.28. The van der Waals surface area contributed by atoms with Crippen molar-refractivity contribution < 1.29 is 18.8 Å². The lowest BCUT2D eigenvalue weighted by Crippen LogP contribution is -2.29. The summed E-state index contributed by atoms with van der Waals surface area (Å²) in [7, 11) is 0. The fourth-order valence-corrected chi connectivity index (χ4v) is 2.03. The zero-order valence-corrected chi connectivity index (χ0v) is 12.0. The average molecular weight is 313 g/mol. The number of aliphatic hydroxyl groups is 1. The fraction of sp³-hybridized carbons (Fsp3) is 0.286. The van der Waals surface area contributed by atoms with E-state index in [-0.39, 0.29) is 29.9 Å². The normalized spacial score (nSPS) is 12.2. The van der Waals surface area contributed by atoms with E-state index in [1.807, 2.05) is 0 Å². The third-order valence-corrected chi connectivity index (χ3v) is 3.32. The van der Waals surface area contributed by atoms with Crippen LogP contribution in [0.4, 0.5) is 4.39 Å². The molecule has 7 heteroatoms. The molecule has 0 aliphatic heterocycles. The van der Waals surface area contributed by atoms with Crippen LogP contribution < -0.4 is 5.32 Å². The van der Waals surface area contributed by atoms with Crippen LogP contribution in [0.5, 0.6) is 0 Å². The summed E-state index contributed by atoms with van der Waals surface area (Å²) in [6.07, 6.45) is -0.891. The number of benzene rings is 1. The number of nitrogens with one attached hydrogen (secondary N) is 1. The molecule has 1 amide bonds. The van der Waals surface area contributed by atoms with E-state index in [4.69, 9.17) is 16.1 Å². The Bertz CT molecular complexity index is 608. The first-order valence-corrected chi connectivity index (χ1v) is 6.66. The van der Waals surface area contributed by atoms with Crippen molar-refractivity contribution in [3.63, 3.8) is 0 Å². The summed E-state index contributed by atoms with van der Waals surface area (Å²) in [6.45, 7) is 1.71. The summed E-state index contributed by atoms with van der Waals surface area (Å²) < 4.78 is 17.5. The van der Waals surface area contributed by atoms with Gasteiger partial charge in [0.2, 0.25) is 11.1 Å². The predicted molar refractivity (Wildman–Crippen MR) is 74.3 cm³/mol. The number of nitrogens with zero attached hydrogens (tertiary/aromatic N) is 1. The minimum Gasteiger partial charge on any atom is -0.387 e. The van der Waals surface area contributed by atoms with Gasteiger partial charge in [-0.2, -0.15) is 0 Å². The maximum absolute atomic E-state index is 12.8. The molecule has 21 heavy (non-hydrogen) atoms. The largest absolute Gasteiger partial charge is 0.387 e. The Hall–Kier alpha value is -1.92. The van der Waals surface area contributed by atoms with Crippen LogP contribution in [-0.2, 0) is 11.2 Å². The SMILES string of the molecule is Cc1noc(Cl)c1CC(=O)NCC(O)c1ccc(F)cc1. The molecule has 2 rings (SSSR count). The molecule has 0 fully saturated rings.